The first-order valence-corrected chi connectivity index (χ1v) is 5.83. The molecule has 5 heteroatoms. The van der Waals surface area contributed by atoms with Gasteiger partial charge in [0.1, 0.15) is 5.60 Å². The van der Waals surface area contributed by atoms with E-state index in [2.05, 4.69) is 15.5 Å². The maximum absolute atomic E-state index is 11.5. The predicted octanol–water partition coefficient (Wildman–Crippen LogP) is 2.59. The Labute approximate surface area is 106 Å². The third-order valence-corrected chi connectivity index (χ3v) is 2.34. The zero-order valence-corrected chi connectivity index (χ0v) is 10.8. The number of carbonyl (C=O) groups excluding carboxylic acids is 1. The van der Waals surface area contributed by atoms with Crippen molar-refractivity contribution in [2.75, 3.05) is 0 Å². The summed E-state index contributed by atoms with van der Waals surface area (Å²) in [5.74, 6) is 0. The van der Waals surface area contributed by atoms with E-state index in [1.165, 1.54) is 0 Å². The van der Waals surface area contributed by atoms with Gasteiger partial charge in [0.2, 0.25) is 0 Å². The van der Waals surface area contributed by atoms with E-state index in [0.717, 1.165) is 16.5 Å². The molecule has 0 saturated heterocycles. The fraction of sp³-hybridized carbons (Fsp3) is 0.385. The first kappa shape index (κ1) is 12.4. The van der Waals surface area contributed by atoms with Crippen LogP contribution in [-0.4, -0.2) is 21.9 Å². The van der Waals surface area contributed by atoms with E-state index < -0.39 is 11.7 Å². The van der Waals surface area contributed by atoms with E-state index in [9.17, 15) is 4.79 Å². The smallest absolute Gasteiger partial charge is 0.407 e. The van der Waals surface area contributed by atoms with Gasteiger partial charge in [-0.05, 0) is 32.4 Å². The van der Waals surface area contributed by atoms with Crippen LogP contribution in [0.2, 0.25) is 0 Å². The number of nitrogens with zero attached hydrogens (tertiary/aromatic N) is 1. The summed E-state index contributed by atoms with van der Waals surface area (Å²) in [6.45, 7) is 5.94. The standard InChI is InChI=1S/C13H17N3O2/c1-13(2,3)18-12(17)14-7-9-4-5-10-8-15-16-11(10)6-9/h4-6,8H,7H2,1-3H3,(H,14,17)(H,15,16). The van der Waals surface area contributed by atoms with Crippen LogP contribution in [0.4, 0.5) is 4.79 Å². The molecule has 2 aromatic rings. The lowest BCUT2D eigenvalue weighted by atomic mass is 10.2. The molecule has 0 saturated carbocycles. The minimum Gasteiger partial charge on any atom is -0.444 e. The van der Waals surface area contributed by atoms with Crippen LogP contribution in [0.15, 0.2) is 24.4 Å². The van der Waals surface area contributed by atoms with Crippen LogP contribution < -0.4 is 5.32 Å². The molecule has 18 heavy (non-hydrogen) atoms. The van der Waals surface area contributed by atoms with Crippen molar-refractivity contribution < 1.29 is 9.53 Å². The number of hydrogen-bond donors (Lipinski definition) is 2. The molecule has 1 heterocycles. The Hall–Kier alpha value is -2.04. The summed E-state index contributed by atoms with van der Waals surface area (Å²) in [6, 6.07) is 5.87. The third kappa shape index (κ3) is 3.23. The van der Waals surface area contributed by atoms with Gasteiger partial charge in [0.25, 0.3) is 0 Å². The number of rotatable bonds is 2. The van der Waals surface area contributed by atoms with Gasteiger partial charge in [0, 0.05) is 11.9 Å². The number of H-pyrrole nitrogens is 1. The van der Waals surface area contributed by atoms with Crippen molar-refractivity contribution in [1.29, 1.82) is 0 Å². The van der Waals surface area contributed by atoms with Crippen LogP contribution in [0.5, 0.6) is 0 Å². The van der Waals surface area contributed by atoms with Crippen molar-refractivity contribution >= 4 is 17.0 Å². The number of aromatic nitrogens is 2. The number of fused-ring (bicyclic) bond motifs is 1. The number of benzene rings is 1. The second kappa shape index (κ2) is 4.68. The van der Waals surface area contributed by atoms with E-state index in [4.69, 9.17) is 4.74 Å². The van der Waals surface area contributed by atoms with Crippen molar-refractivity contribution in [2.45, 2.75) is 32.9 Å². The highest BCUT2D eigenvalue weighted by Crippen LogP contribution is 2.13. The topological polar surface area (TPSA) is 67.0 Å². The Morgan fingerprint density at radius 3 is 2.94 bits per heavy atom. The number of aromatic amines is 1. The van der Waals surface area contributed by atoms with Crippen LogP contribution in [0.25, 0.3) is 10.9 Å². The summed E-state index contributed by atoms with van der Waals surface area (Å²) in [4.78, 5) is 11.5. The molecule has 0 spiro atoms. The van der Waals surface area contributed by atoms with E-state index in [1.807, 2.05) is 39.0 Å². The Morgan fingerprint density at radius 1 is 1.44 bits per heavy atom. The number of alkyl carbamates (subject to hydrolysis) is 1. The summed E-state index contributed by atoms with van der Waals surface area (Å²) in [7, 11) is 0. The first-order chi connectivity index (χ1) is 8.44. The molecular weight excluding hydrogens is 230 g/mol. The molecule has 5 nitrogen and oxygen atoms in total. The third-order valence-electron chi connectivity index (χ3n) is 2.34. The molecule has 2 rings (SSSR count). The van der Waals surface area contributed by atoms with Gasteiger partial charge in [0.05, 0.1) is 11.7 Å². The van der Waals surface area contributed by atoms with E-state index in [1.54, 1.807) is 6.20 Å². The van der Waals surface area contributed by atoms with E-state index in [0.29, 0.717) is 6.54 Å². The first-order valence-electron chi connectivity index (χ1n) is 5.83. The van der Waals surface area contributed by atoms with Gasteiger partial charge in [-0.1, -0.05) is 12.1 Å². The van der Waals surface area contributed by atoms with E-state index in [-0.39, 0.29) is 0 Å². The lowest BCUT2D eigenvalue weighted by molar-refractivity contribution is 0.0523. The monoisotopic (exact) mass is 247 g/mol. The largest absolute Gasteiger partial charge is 0.444 e. The number of amides is 1. The molecular formula is C13H17N3O2. The van der Waals surface area contributed by atoms with Crippen LogP contribution in [0.1, 0.15) is 26.3 Å². The molecule has 0 aliphatic rings. The van der Waals surface area contributed by atoms with Gasteiger partial charge in [0.15, 0.2) is 0 Å². The summed E-state index contributed by atoms with van der Waals surface area (Å²) in [6.07, 6.45) is 1.35. The van der Waals surface area contributed by atoms with Crippen LogP contribution in [-0.2, 0) is 11.3 Å². The van der Waals surface area contributed by atoms with E-state index >= 15 is 0 Å². The summed E-state index contributed by atoms with van der Waals surface area (Å²) >= 11 is 0. The minimum absolute atomic E-state index is 0.410. The zero-order valence-electron chi connectivity index (χ0n) is 10.8. The van der Waals surface area contributed by atoms with Crippen molar-refractivity contribution in [3.63, 3.8) is 0 Å². The Kier molecular flexibility index (Phi) is 3.23. The van der Waals surface area contributed by atoms with Crippen LogP contribution in [0.3, 0.4) is 0 Å². The fourth-order valence-electron chi connectivity index (χ4n) is 1.58. The SMILES string of the molecule is CC(C)(C)OC(=O)NCc1ccc2cn[nH]c2c1. The normalized spacial score (nSPS) is 11.5. The lowest BCUT2D eigenvalue weighted by Crippen LogP contribution is -2.32. The number of nitrogens with one attached hydrogen (secondary N) is 2. The molecule has 1 aromatic carbocycles. The van der Waals surface area contributed by atoms with Crippen LogP contribution >= 0.6 is 0 Å². The van der Waals surface area contributed by atoms with Crippen LogP contribution in [0, 0.1) is 0 Å². The fourth-order valence-corrected chi connectivity index (χ4v) is 1.58. The summed E-state index contributed by atoms with van der Waals surface area (Å²) < 4.78 is 5.16. The number of hydrogen-bond acceptors (Lipinski definition) is 3. The van der Waals surface area contributed by atoms with Crippen molar-refractivity contribution in [2.24, 2.45) is 0 Å². The highest BCUT2D eigenvalue weighted by atomic mass is 16.6. The maximum Gasteiger partial charge on any atom is 0.407 e. The minimum atomic E-state index is -0.475. The molecule has 1 aromatic heterocycles. The molecule has 1 amide bonds. The summed E-state index contributed by atoms with van der Waals surface area (Å²) in [5.41, 5.74) is 1.48. The average Bonchev–Trinajstić information content (AvgIpc) is 2.71. The number of ether oxygens (including phenoxy) is 1. The molecule has 2 N–H and O–H groups in total. The van der Waals surface area contributed by atoms with Crippen molar-refractivity contribution in [1.82, 2.24) is 15.5 Å². The van der Waals surface area contributed by atoms with Gasteiger partial charge >= 0.3 is 6.09 Å². The van der Waals surface area contributed by atoms with Gasteiger partial charge < -0.3 is 10.1 Å². The summed E-state index contributed by atoms with van der Waals surface area (Å²) in [5, 5.41) is 10.6. The highest BCUT2D eigenvalue weighted by Gasteiger charge is 2.15. The highest BCUT2D eigenvalue weighted by molar-refractivity contribution is 5.78. The van der Waals surface area contributed by atoms with Crippen molar-refractivity contribution in [3.05, 3.63) is 30.0 Å². The maximum atomic E-state index is 11.5. The quantitative estimate of drug-likeness (QED) is 0.857. The Bertz CT molecular complexity index is 555. The molecule has 0 radical (unpaired) electrons. The molecule has 0 bridgehead atoms. The molecule has 0 aliphatic carbocycles. The Balaban J connectivity index is 1.95. The average molecular weight is 247 g/mol. The molecule has 96 valence electrons. The molecule has 0 aliphatic heterocycles. The van der Waals surface area contributed by atoms with Gasteiger partial charge in [-0.2, -0.15) is 5.10 Å². The van der Waals surface area contributed by atoms with Gasteiger partial charge in [-0.25, -0.2) is 4.79 Å². The molecule has 0 fully saturated rings. The Morgan fingerprint density at radius 2 is 2.22 bits per heavy atom. The second-order valence-electron chi connectivity index (χ2n) is 5.15. The zero-order chi connectivity index (χ0) is 13.2. The van der Waals surface area contributed by atoms with Gasteiger partial charge in [-0.15, -0.1) is 0 Å². The number of carbonyl (C=O) groups is 1. The molecule has 0 unspecified atom stereocenters. The molecule has 0 atom stereocenters. The van der Waals surface area contributed by atoms with Crippen molar-refractivity contribution in [3.8, 4) is 0 Å². The van der Waals surface area contributed by atoms with Gasteiger partial charge in [-0.3, -0.25) is 5.10 Å². The predicted molar refractivity (Wildman–Crippen MR) is 69.2 cm³/mol. The second-order valence-corrected chi connectivity index (χ2v) is 5.15. The lowest BCUT2D eigenvalue weighted by Gasteiger charge is -2.19.